The zero-order chi connectivity index (χ0) is 23.6. The van der Waals surface area contributed by atoms with Crippen LogP contribution in [-0.2, 0) is 11.0 Å². The van der Waals surface area contributed by atoms with Crippen molar-refractivity contribution in [1.29, 1.82) is 0 Å². The van der Waals surface area contributed by atoms with Crippen LogP contribution in [0.15, 0.2) is 54.6 Å². The van der Waals surface area contributed by atoms with Crippen molar-refractivity contribution in [3.63, 3.8) is 0 Å². The molecule has 0 bridgehead atoms. The molecule has 3 aromatic rings. The Bertz CT molecular complexity index is 1120. The van der Waals surface area contributed by atoms with Crippen molar-refractivity contribution in [2.24, 2.45) is 0 Å². The number of carbonyl (C=O) groups excluding carboxylic acids is 1. The average Bonchev–Trinajstić information content (AvgIpc) is 3.08. The molecule has 1 amide bonds. The molecule has 9 heteroatoms. The number of halogens is 3. The minimum atomic E-state index is -4.52. The molecule has 1 fully saturated rings. The molecule has 1 aliphatic heterocycles. The molecule has 0 aliphatic carbocycles. The predicted octanol–water partition coefficient (Wildman–Crippen LogP) is 4.27. The van der Waals surface area contributed by atoms with Crippen molar-refractivity contribution >= 4 is 17.3 Å². The molecule has 0 unspecified atom stereocenters. The van der Waals surface area contributed by atoms with Gasteiger partial charge in [0, 0.05) is 26.2 Å². The van der Waals surface area contributed by atoms with E-state index in [9.17, 15) is 18.0 Å². The summed E-state index contributed by atoms with van der Waals surface area (Å²) in [6, 6.07) is 15.0. The lowest BCUT2D eigenvalue weighted by atomic mass is 10.1. The van der Waals surface area contributed by atoms with Gasteiger partial charge in [0.25, 0.3) is 0 Å². The van der Waals surface area contributed by atoms with Crippen molar-refractivity contribution < 1.29 is 18.0 Å². The average molecular weight is 458 g/mol. The highest BCUT2D eigenvalue weighted by atomic mass is 19.4. The van der Waals surface area contributed by atoms with Crippen LogP contribution in [0.1, 0.15) is 17.0 Å². The van der Waals surface area contributed by atoms with Gasteiger partial charge in [-0.15, -0.1) is 0 Å². The van der Waals surface area contributed by atoms with Crippen LogP contribution >= 0.6 is 0 Å². The molecule has 0 spiro atoms. The van der Waals surface area contributed by atoms with E-state index in [1.807, 2.05) is 53.8 Å². The fraction of sp³-hybridized carbons (Fsp3) is 0.333. The molecule has 0 saturated carbocycles. The number of aryl methyl sites for hydroxylation is 1. The Morgan fingerprint density at radius 1 is 0.970 bits per heavy atom. The Morgan fingerprint density at radius 2 is 1.61 bits per heavy atom. The van der Waals surface area contributed by atoms with Gasteiger partial charge in [-0.3, -0.25) is 9.69 Å². The number of piperazine rings is 1. The van der Waals surface area contributed by atoms with Gasteiger partial charge in [-0.1, -0.05) is 30.3 Å². The molecule has 1 aliphatic rings. The maximum absolute atomic E-state index is 13.2. The number of hydrogen-bond donors (Lipinski definition) is 1. The van der Waals surface area contributed by atoms with Crippen LogP contribution in [0.4, 0.5) is 24.5 Å². The van der Waals surface area contributed by atoms with Crippen LogP contribution in [0.3, 0.4) is 0 Å². The maximum atomic E-state index is 13.2. The Hall–Kier alpha value is -3.33. The summed E-state index contributed by atoms with van der Waals surface area (Å²) in [7, 11) is 0. The molecule has 1 N–H and O–H groups in total. The van der Waals surface area contributed by atoms with Crippen LogP contribution < -0.4 is 10.2 Å². The zero-order valence-electron chi connectivity index (χ0n) is 18.6. The maximum Gasteiger partial charge on any atom is 0.418 e. The second-order valence-corrected chi connectivity index (χ2v) is 8.12. The summed E-state index contributed by atoms with van der Waals surface area (Å²) in [6.45, 7) is 6.73. The highest BCUT2D eigenvalue weighted by Crippen LogP contribution is 2.34. The van der Waals surface area contributed by atoms with Crippen molar-refractivity contribution in [3.8, 4) is 5.69 Å². The van der Waals surface area contributed by atoms with Gasteiger partial charge >= 0.3 is 6.18 Å². The van der Waals surface area contributed by atoms with Gasteiger partial charge in [-0.2, -0.15) is 18.3 Å². The van der Waals surface area contributed by atoms with E-state index >= 15 is 0 Å². The number of anilines is 2. The monoisotopic (exact) mass is 457 g/mol. The third-order valence-electron chi connectivity index (χ3n) is 5.82. The first kappa shape index (κ1) is 22.8. The summed E-state index contributed by atoms with van der Waals surface area (Å²) >= 11 is 0. The number of alkyl halides is 3. The molecule has 1 aromatic heterocycles. The summed E-state index contributed by atoms with van der Waals surface area (Å²) in [5, 5.41) is 7.12. The standard InChI is InChI=1S/C24H26F3N5O/c1-17-23(18(2)32(29-17)19-8-4-3-5-9-19)31-14-12-30(13-15-31)16-22(33)28-21-11-7-6-10-20(21)24(25,26)27/h3-11H,12-16H2,1-2H3,(H,28,33). The topological polar surface area (TPSA) is 53.4 Å². The Labute approximate surface area is 190 Å². The zero-order valence-corrected chi connectivity index (χ0v) is 18.6. The van der Waals surface area contributed by atoms with Crippen LogP contribution in [0.25, 0.3) is 5.69 Å². The smallest absolute Gasteiger partial charge is 0.366 e. The van der Waals surface area contributed by atoms with Crippen LogP contribution in [0.5, 0.6) is 0 Å². The first-order valence-corrected chi connectivity index (χ1v) is 10.8. The minimum Gasteiger partial charge on any atom is -0.366 e. The number of aromatic nitrogens is 2. The molecule has 1 saturated heterocycles. The van der Waals surface area contributed by atoms with Gasteiger partial charge in [0.1, 0.15) is 0 Å². The number of benzene rings is 2. The predicted molar refractivity (Wildman–Crippen MR) is 122 cm³/mol. The van der Waals surface area contributed by atoms with Gasteiger partial charge in [-0.25, -0.2) is 4.68 Å². The molecular formula is C24H26F3N5O. The van der Waals surface area contributed by atoms with E-state index in [0.29, 0.717) is 26.2 Å². The Kier molecular flexibility index (Phi) is 6.42. The molecule has 33 heavy (non-hydrogen) atoms. The summed E-state index contributed by atoms with van der Waals surface area (Å²) in [5.74, 6) is -0.454. The van der Waals surface area contributed by atoms with E-state index in [0.717, 1.165) is 28.8 Å². The van der Waals surface area contributed by atoms with E-state index < -0.39 is 17.6 Å². The van der Waals surface area contributed by atoms with E-state index in [1.165, 1.54) is 18.2 Å². The molecule has 2 aromatic carbocycles. The molecule has 0 atom stereocenters. The molecule has 6 nitrogen and oxygen atoms in total. The van der Waals surface area contributed by atoms with Crippen LogP contribution in [-0.4, -0.2) is 53.3 Å². The fourth-order valence-electron chi connectivity index (χ4n) is 4.27. The quantitative estimate of drug-likeness (QED) is 0.622. The summed E-state index contributed by atoms with van der Waals surface area (Å²) < 4.78 is 41.4. The molecule has 2 heterocycles. The number of carbonyl (C=O) groups is 1. The highest BCUT2D eigenvalue weighted by molar-refractivity contribution is 5.93. The minimum absolute atomic E-state index is 0.0429. The summed E-state index contributed by atoms with van der Waals surface area (Å²) in [6.07, 6.45) is -4.52. The van der Waals surface area contributed by atoms with Crippen molar-refractivity contribution in [1.82, 2.24) is 14.7 Å². The lowest BCUT2D eigenvalue weighted by Gasteiger charge is -2.35. The lowest BCUT2D eigenvalue weighted by Crippen LogP contribution is -2.49. The van der Waals surface area contributed by atoms with Gasteiger partial charge in [0.15, 0.2) is 0 Å². The number of hydrogen-bond acceptors (Lipinski definition) is 4. The Balaban J connectivity index is 1.38. The van der Waals surface area contributed by atoms with E-state index in [2.05, 4.69) is 10.2 Å². The fourth-order valence-corrected chi connectivity index (χ4v) is 4.27. The Morgan fingerprint density at radius 3 is 2.27 bits per heavy atom. The molecule has 174 valence electrons. The number of nitrogens with zero attached hydrogens (tertiary/aromatic N) is 4. The molecular weight excluding hydrogens is 431 g/mol. The van der Waals surface area contributed by atoms with E-state index in [-0.39, 0.29) is 12.2 Å². The summed E-state index contributed by atoms with van der Waals surface area (Å²) in [4.78, 5) is 16.6. The summed E-state index contributed by atoms with van der Waals surface area (Å²) in [5.41, 5.74) is 3.01. The number of nitrogens with one attached hydrogen (secondary N) is 1. The number of rotatable bonds is 5. The number of amides is 1. The third kappa shape index (κ3) is 5.03. The van der Waals surface area contributed by atoms with Gasteiger partial charge in [0.2, 0.25) is 5.91 Å². The van der Waals surface area contributed by atoms with E-state index in [1.54, 1.807) is 0 Å². The molecule has 0 radical (unpaired) electrons. The normalized spacial score (nSPS) is 15.0. The lowest BCUT2D eigenvalue weighted by molar-refractivity contribution is -0.137. The largest absolute Gasteiger partial charge is 0.418 e. The number of para-hydroxylation sites is 2. The first-order chi connectivity index (χ1) is 15.7. The third-order valence-corrected chi connectivity index (χ3v) is 5.82. The van der Waals surface area contributed by atoms with Gasteiger partial charge in [0.05, 0.1) is 40.6 Å². The highest BCUT2D eigenvalue weighted by Gasteiger charge is 2.33. The van der Waals surface area contributed by atoms with Crippen LogP contribution in [0, 0.1) is 13.8 Å². The first-order valence-electron chi connectivity index (χ1n) is 10.8. The van der Waals surface area contributed by atoms with Gasteiger partial charge in [-0.05, 0) is 38.1 Å². The SMILES string of the molecule is Cc1nn(-c2ccccc2)c(C)c1N1CCN(CC(=O)Nc2ccccc2C(F)(F)F)CC1. The second-order valence-electron chi connectivity index (χ2n) is 8.12. The molecule has 4 rings (SSSR count). The second kappa shape index (κ2) is 9.27. The van der Waals surface area contributed by atoms with Crippen molar-refractivity contribution in [2.75, 3.05) is 42.9 Å². The van der Waals surface area contributed by atoms with Crippen LogP contribution in [0.2, 0.25) is 0 Å². The van der Waals surface area contributed by atoms with Crippen molar-refractivity contribution in [3.05, 3.63) is 71.5 Å². The van der Waals surface area contributed by atoms with E-state index in [4.69, 9.17) is 5.10 Å². The van der Waals surface area contributed by atoms with Gasteiger partial charge < -0.3 is 10.2 Å². The van der Waals surface area contributed by atoms with Crippen molar-refractivity contribution in [2.45, 2.75) is 20.0 Å².